The predicted octanol–water partition coefficient (Wildman–Crippen LogP) is 2.54. The van der Waals surface area contributed by atoms with Crippen molar-refractivity contribution >= 4 is 20.3 Å². The van der Waals surface area contributed by atoms with Crippen LogP contribution in [0, 0.1) is 0 Å². The van der Waals surface area contributed by atoms with Gasteiger partial charge in [-0.1, -0.05) is 36.4 Å². The fraction of sp³-hybridized carbons (Fsp3) is 0.273. The topological polar surface area (TPSA) is 40.5 Å². The SMILES string of the molecule is C=CCP(Cc1ccccc1)C(O)O.Cl. The minimum Gasteiger partial charge on any atom is -0.365 e. The van der Waals surface area contributed by atoms with Gasteiger partial charge in [0.15, 0.2) is 6.03 Å². The number of aliphatic hydroxyl groups excluding tert-OH is 1. The van der Waals surface area contributed by atoms with Crippen molar-refractivity contribution in [3.05, 3.63) is 48.6 Å². The molecule has 84 valence electrons. The van der Waals surface area contributed by atoms with E-state index in [1.165, 1.54) is 0 Å². The van der Waals surface area contributed by atoms with Crippen LogP contribution in [0.5, 0.6) is 0 Å². The van der Waals surface area contributed by atoms with Gasteiger partial charge in [-0.15, -0.1) is 19.0 Å². The lowest BCUT2D eigenvalue weighted by molar-refractivity contribution is 0.0344. The Labute approximate surface area is 97.8 Å². The standard InChI is InChI=1S/C11H15O2P.ClH/c1-2-8-14(11(12)13)9-10-6-4-3-5-7-10;/h2-7,11-13H,1,8-9H2;1H. The summed E-state index contributed by atoms with van der Waals surface area (Å²) in [5.41, 5.74) is 1.15. The van der Waals surface area contributed by atoms with Crippen molar-refractivity contribution in [3.63, 3.8) is 0 Å². The highest BCUT2D eigenvalue weighted by atomic mass is 35.5. The predicted molar refractivity (Wildman–Crippen MR) is 67.6 cm³/mol. The zero-order valence-corrected chi connectivity index (χ0v) is 10.1. The van der Waals surface area contributed by atoms with Crippen molar-refractivity contribution in [1.29, 1.82) is 0 Å². The van der Waals surface area contributed by atoms with Gasteiger partial charge in [0.25, 0.3) is 0 Å². The van der Waals surface area contributed by atoms with Crippen molar-refractivity contribution in [2.45, 2.75) is 12.2 Å². The molecule has 1 aromatic carbocycles. The smallest absolute Gasteiger partial charge is 0.170 e. The summed E-state index contributed by atoms with van der Waals surface area (Å²) < 4.78 is 0. The largest absolute Gasteiger partial charge is 0.365 e. The van der Waals surface area contributed by atoms with E-state index < -0.39 is 14.0 Å². The molecule has 1 rings (SSSR count). The van der Waals surface area contributed by atoms with Crippen molar-refractivity contribution in [2.75, 3.05) is 6.16 Å². The highest BCUT2D eigenvalue weighted by Crippen LogP contribution is 2.42. The van der Waals surface area contributed by atoms with E-state index in [0.717, 1.165) is 11.7 Å². The molecule has 0 spiro atoms. The lowest BCUT2D eigenvalue weighted by Gasteiger charge is -2.17. The van der Waals surface area contributed by atoms with E-state index in [0.29, 0.717) is 6.16 Å². The molecule has 1 atom stereocenters. The Kier molecular flexibility index (Phi) is 7.63. The Morgan fingerprint density at radius 1 is 1.27 bits per heavy atom. The lowest BCUT2D eigenvalue weighted by Crippen LogP contribution is -2.05. The second-order valence-corrected chi connectivity index (χ2v) is 5.37. The highest BCUT2D eigenvalue weighted by molar-refractivity contribution is 7.57. The van der Waals surface area contributed by atoms with Gasteiger partial charge in [0.1, 0.15) is 0 Å². The maximum absolute atomic E-state index is 9.14. The average molecular weight is 247 g/mol. The maximum atomic E-state index is 9.14. The first-order chi connectivity index (χ1) is 6.74. The quantitative estimate of drug-likeness (QED) is 0.476. The van der Waals surface area contributed by atoms with E-state index >= 15 is 0 Å². The van der Waals surface area contributed by atoms with Crippen LogP contribution in [0.3, 0.4) is 0 Å². The monoisotopic (exact) mass is 246 g/mol. The first-order valence-corrected chi connectivity index (χ1v) is 6.27. The molecule has 0 saturated carbocycles. The molecule has 2 nitrogen and oxygen atoms in total. The summed E-state index contributed by atoms with van der Waals surface area (Å²) in [5, 5.41) is 18.3. The Morgan fingerprint density at radius 3 is 2.33 bits per heavy atom. The molecule has 0 aliphatic carbocycles. The third kappa shape index (κ3) is 5.29. The number of hydrogen-bond acceptors (Lipinski definition) is 2. The molecule has 0 bridgehead atoms. The number of hydrogen-bond donors (Lipinski definition) is 2. The summed E-state index contributed by atoms with van der Waals surface area (Å²) in [6.45, 7) is 3.62. The molecule has 0 aliphatic rings. The Balaban J connectivity index is 0.00000196. The third-order valence-corrected chi connectivity index (χ3v) is 4.07. The molecule has 0 radical (unpaired) electrons. The molecule has 2 N–H and O–H groups in total. The van der Waals surface area contributed by atoms with E-state index in [1.54, 1.807) is 6.08 Å². The van der Waals surface area contributed by atoms with Crippen molar-refractivity contribution in [2.24, 2.45) is 0 Å². The zero-order chi connectivity index (χ0) is 10.4. The molecule has 0 fully saturated rings. The molecule has 0 saturated heterocycles. The zero-order valence-electron chi connectivity index (χ0n) is 8.41. The summed E-state index contributed by atoms with van der Waals surface area (Å²) in [7, 11) is -0.803. The minimum atomic E-state index is -1.21. The lowest BCUT2D eigenvalue weighted by atomic mass is 10.2. The van der Waals surface area contributed by atoms with Gasteiger partial charge in [-0.05, 0) is 25.8 Å². The Bertz CT molecular complexity index is 277. The molecule has 0 heterocycles. The fourth-order valence-electron chi connectivity index (χ4n) is 1.22. The summed E-state index contributed by atoms with van der Waals surface area (Å²) in [6, 6.07) is 8.67. The number of halogens is 1. The highest BCUT2D eigenvalue weighted by Gasteiger charge is 2.14. The van der Waals surface area contributed by atoms with E-state index in [-0.39, 0.29) is 12.4 Å². The molecule has 4 heteroatoms. The van der Waals surface area contributed by atoms with Crippen LogP contribution >= 0.6 is 20.3 Å². The van der Waals surface area contributed by atoms with Gasteiger partial charge in [0.2, 0.25) is 0 Å². The maximum Gasteiger partial charge on any atom is 0.170 e. The summed E-state index contributed by atoms with van der Waals surface area (Å²) in [6.07, 6.45) is 3.16. The van der Waals surface area contributed by atoms with E-state index in [1.807, 2.05) is 30.3 Å². The summed E-state index contributed by atoms with van der Waals surface area (Å²) in [5.74, 6) is 0. The third-order valence-electron chi connectivity index (χ3n) is 1.92. The normalized spacial score (nSPS) is 11.9. The van der Waals surface area contributed by atoms with Crippen LogP contribution in [0.25, 0.3) is 0 Å². The van der Waals surface area contributed by atoms with Crippen molar-refractivity contribution < 1.29 is 10.2 Å². The van der Waals surface area contributed by atoms with Gasteiger partial charge in [0, 0.05) is 0 Å². The second kappa shape index (κ2) is 7.84. The van der Waals surface area contributed by atoms with Gasteiger partial charge >= 0.3 is 0 Å². The van der Waals surface area contributed by atoms with Gasteiger partial charge in [-0.2, -0.15) is 0 Å². The van der Waals surface area contributed by atoms with Crippen LogP contribution in [0.1, 0.15) is 5.56 Å². The van der Waals surface area contributed by atoms with Crippen LogP contribution in [0.4, 0.5) is 0 Å². The number of aliphatic hydroxyl groups is 2. The van der Waals surface area contributed by atoms with E-state index in [9.17, 15) is 0 Å². The van der Waals surface area contributed by atoms with Crippen LogP contribution in [-0.4, -0.2) is 22.4 Å². The molecule has 15 heavy (non-hydrogen) atoms. The Morgan fingerprint density at radius 2 is 1.87 bits per heavy atom. The fourth-order valence-corrected chi connectivity index (χ4v) is 2.72. The van der Waals surface area contributed by atoms with Crippen molar-refractivity contribution in [3.8, 4) is 0 Å². The number of rotatable bonds is 5. The van der Waals surface area contributed by atoms with Crippen molar-refractivity contribution in [1.82, 2.24) is 0 Å². The Hall–Kier alpha value is -0.400. The van der Waals surface area contributed by atoms with Gasteiger partial charge in [0.05, 0.1) is 0 Å². The molecule has 0 amide bonds. The summed E-state index contributed by atoms with van der Waals surface area (Å²) >= 11 is 0. The molecule has 0 aliphatic heterocycles. The first-order valence-electron chi connectivity index (χ1n) is 4.49. The van der Waals surface area contributed by atoms with Gasteiger partial charge in [-0.25, -0.2) is 0 Å². The average Bonchev–Trinajstić information content (AvgIpc) is 2.18. The molecular weight excluding hydrogens is 231 g/mol. The van der Waals surface area contributed by atoms with Crippen LogP contribution in [-0.2, 0) is 6.16 Å². The van der Waals surface area contributed by atoms with Crippen LogP contribution in [0.15, 0.2) is 43.0 Å². The minimum absolute atomic E-state index is 0. The first kappa shape index (κ1) is 14.6. The molecule has 1 aromatic rings. The van der Waals surface area contributed by atoms with Gasteiger partial charge < -0.3 is 10.2 Å². The molecular formula is C11H16ClO2P. The van der Waals surface area contributed by atoms with Crippen LogP contribution in [0.2, 0.25) is 0 Å². The molecule has 0 aromatic heterocycles. The number of benzene rings is 1. The molecule has 1 unspecified atom stereocenters. The second-order valence-electron chi connectivity index (χ2n) is 3.05. The van der Waals surface area contributed by atoms with E-state index in [4.69, 9.17) is 10.2 Å². The van der Waals surface area contributed by atoms with E-state index in [2.05, 4.69) is 6.58 Å². The number of allylic oxidation sites excluding steroid dienone is 1. The van der Waals surface area contributed by atoms with Gasteiger partial charge in [-0.3, -0.25) is 0 Å². The van der Waals surface area contributed by atoms with Crippen LogP contribution < -0.4 is 0 Å². The summed E-state index contributed by atoms with van der Waals surface area (Å²) in [4.78, 5) is 0.